The van der Waals surface area contributed by atoms with Gasteiger partial charge >= 0.3 is 5.97 Å². The van der Waals surface area contributed by atoms with Gasteiger partial charge in [-0.25, -0.2) is 4.79 Å². The van der Waals surface area contributed by atoms with E-state index in [1.165, 1.54) is 0 Å². The van der Waals surface area contributed by atoms with Gasteiger partial charge < -0.3 is 9.30 Å². The number of ether oxygens (including phenoxy) is 1. The van der Waals surface area contributed by atoms with Crippen molar-refractivity contribution < 1.29 is 9.53 Å². The van der Waals surface area contributed by atoms with Gasteiger partial charge in [-0.1, -0.05) is 0 Å². The van der Waals surface area contributed by atoms with Gasteiger partial charge in [-0.2, -0.15) is 0 Å². The van der Waals surface area contributed by atoms with E-state index >= 15 is 0 Å². The topological polar surface area (TPSA) is 31.2 Å². The summed E-state index contributed by atoms with van der Waals surface area (Å²) in [6, 6.07) is 11.3. The lowest BCUT2D eigenvalue weighted by Gasteiger charge is -2.05. The summed E-state index contributed by atoms with van der Waals surface area (Å²) < 4.78 is 8.39. The summed E-state index contributed by atoms with van der Waals surface area (Å²) in [5.74, 6) is -0.251. The van der Waals surface area contributed by atoms with Crippen LogP contribution in [-0.4, -0.2) is 17.1 Å². The van der Waals surface area contributed by atoms with E-state index in [2.05, 4.69) is 27.2 Å². The van der Waals surface area contributed by atoms with Gasteiger partial charge in [-0.3, -0.25) is 0 Å². The Bertz CT molecular complexity index is 491. The van der Waals surface area contributed by atoms with Crippen molar-refractivity contribution in [2.75, 3.05) is 6.61 Å². The second-order valence-corrected chi connectivity index (χ2v) is 5.16. The first kappa shape index (κ1) is 13.1. The molecular weight excluding hydrogens is 341 g/mol. The van der Waals surface area contributed by atoms with Gasteiger partial charge in [0.05, 0.1) is 12.2 Å². The standard InChI is InChI=1S/C14H14INO2/c15-13-6-4-12(5-7-13)14(17)18-11-3-10-16-8-1-2-9-16/h1-2,4-9H,3,10-11H2. The van der Waals surface area contributed by atoms with Crippen LogP contribution in [0, 0.1) is 3.57 Å². The van der Waals surface area contributed by atoms with Crippen LogP contribution in [0.1, 0.15) is 16.8 Å². The number of halogens is 1. The lowest BCUT2D eigenvalue weighted by molar-refractivity contribution is 0.0496. The molecule has 0 saturated carbocycles. The summed E-state index contributed by atoms with van der Waals surface area (Å²) in [7, 11) is 0. The molecule has 0 bridgehead atoms. The summed E-state index contributed by atoms with van der Waals surface area (Å²) in [6.45, 7) is 1.32. The molecule has 1 heterocycles. The SMILES string of the molecule is O=C(OCCCn1cccc1)c1ccc(I)cc1. The van der Waals surface area contributed by atoms with Crippen LogP contribution >= 0.6 is 22.6 Å². The number of nitrogens with zero attached hydrogens (tertiary/aromatic N) is 1. The lowest BCUT2D eigenvalue weighted by atomic mass is 10.2. The summed E-state index contributed by atoms with van der Waals surface area (Å²) in [6.07, 6.45) is 4.83. The van der Waals surface area contributed by atoms with Crippen molar-refractivity contribution in [3.63, 3.8) is 0 Å². The molecule has 0 atom stereocenters. The molecule has 0 unspecified atom stereocenters. The Balaban J connectivity index is 1.73. The highest BCUT2D eigenvalue weighted by Gasteiger charge is 2.05. The average molecular weight is 355 g/mol. The maximum atomic E-state index is 11.7. The number of rotatable bonds is 5. The van der Waals surface area contributed by atoms with E-state index in [1.807, 2.05) is 36.7 Å². The maximum absolute atomic E-state index is 11.7. The van der Waals surface area contributed by atoms with Gasteiger partial charge in [0.2, 0.25) is 0 Å². The number of aryl methyl sites for hydroxylation is 1. The largest absolute Gasteiger partial charge is 0.462 e. The Kier molecular flexibility index (Phi) is 4.81. The number of benzene rings is 1. The van der Waals surface area contributed by atoms with Crippen LogP contribution in [0.3, 0.4) is 0 Å². The first-order chi connectivity index (χ1) is 8.75. The Hall–Kier alpha value is -1.30. The molecule has 0 amide bonds. The molecule has 0 aliphatic rings. The van der Waals surface area contributed by atoms with Gasteiger partial charge in [-0.15, -0.1) is 0 Å². The zero-order valence-electron chi connectivity index (χ0n) is 9.88. The molecule has 0 fully saturated rings. The highest BCUT2D eigenvalue weighted by atomic mass is 127. The molecule has 0 saturated heterocycles. The normalized spacial score (nSPS) is 10.3. The number of hydrogen-bond acceptors (Lipinski definition) is 2. The Morgan fingerprint density at radius 3 is 2.50 bits per heavy atom. The number of carbonyl (C=O) groups is 1. The third-order valence-corrected chi connectivity index (χ3v) is 3.26. The predicted octanol–water partition coefficient (Wildman–Crippen LogP) is 3.34. The van der Waals surface area contributed by atoms with Crippen molar-refractivity contribution in [2.45, 2.75) is 13.0 Å². The van der Waals surface area contributed by atoms with Crippen LogP contribution in [0.25, 0.3) is 0 Å². The van der Waals surface area contributed by atoms with E-state index in [0.717, 1.165) is 16.5 Å². The fourth-order valence-corrected chi connectivity index (χ4v) is 1.96. The van der Waals surface area contributed by atoms with Crippen LogP contribution in [0.5, 0.6) is 0 Å². The summed E-state index contributed by atoms with van der Waals surface area (Å²) >= 11 is 2.21. The minimum Gasteiger partial charge on any atom is -0.462 e. The highest BCUT2D eigenvalue weighted by Crippen LogP contribution is 2.08. The quantitative estimate of drug-likeness (QED) is 0.468. The molecule has 3 nitrogen and oxygen atoms in total. The molecule has 1 aromatic heterocycles. The zero-order chi connectivity index (χ0) is 12.8. The fraction of sp³-hybridized carbons (Fsp3) is 0.214. The first-order valence-corrected chi connectivity index (χ1v) is 6.87. The van der Waals surface area contributed by atoms with Crippen molar-refractivity contribution in [1.29, 1.82) is 0 Å². The lowest BCUT2D eigenvalue weighted by Crippen LogP contribution is -2.08. The molecule has 2 rings (SSSR count). The van der Waals surface area contributed by atoms with Crippen LogP contribution in [0.4, 0.5) is 0 Å². The van der Waals surface area contributed by atoms with E-state index in [0.29, 0.717) is 12.2 Å². The zero-order valence-corrected chi connectivity index (χ0v) is 12.0. The van der Waals surface area contributed by atoms with Crippen molar-refractivity contribution in [2.24, 2.45) is 0 Å². The first-order valence-electron chi connectivity index (χ1n) is 5.79. The Morgan fingerprint density at radius 1 is 1.17 bits per heavy atom. The number of carbonyl (C=O) groups excluding carboxylic acids is 1. The minimum atomic E-state index is -0.251. The summed E-state index contributed by atoms with van der Waals surface area (Å²) in [5.41, 5.74) is 0.608. The van der Waals surface area contributed by atoms with E-state index in [-0.39, 0.29) is 5.97 Å². The number of aromatic nitrogens is 1. The monoisotopic (exact) mass is 355 g/mol. The van der Waals surface area contributed by atoms with Gasteiger partial charge in [-0.05, 0) is 65.4 Å². The molecule has 94 valence electrons. The highest BCUT2D eigenvalue weighted by molar-refractivity contribution is 14.1. The molecule has 0 radical (unpaired) electrons. The van der Waals surface area contributed by atoms with Gasteiger partial charge in [0, 0.05) is 22.5 Å². The van der Waals surface area contributed by atoms with Crippen LogP contribution in [-0.2, 0) is 11.3 Å². The van der Waals surface area contributed by atoms with Crippen LogP contribution in [0.2, 0.25) is 0 Å². The molecule has 0 N–H and O–H groups in total. The van der Waals surface area contributed by atoms with E-state index in [4.69, 9.17) is 4.74 Å². The van der Waals surface area contributed by atoms with Crippen LogP contribution in [0.15, 0.2) is 48.8 Å². The smallest absolute Gasteiger partial charge is 0.338 e. The molecule has 0 spiro atoms. The molecule has 0 aliphatic heterocycles. The number of hydrogen-bond donors (Lipinski definition) is 0. The minimum absolute atomic E-state index is 0.251. The van der Waals surface area contributed by atoms with Gasteiger partial charge in [0.25, 0.3) is 0 Å². The Labute approximate surface area is 120 Å². The van der Waals surface area contributed by atoms with Crippen molar-refractivity contribution in [3.8, 4) is 0 Å². The molecule has 1 aromatic carbocycles. The summed E-state index contributed by atoms with van der Waals surface area (Å²) in [4.78, 5) is 11.7. The van der Waals surface area contributed by atoms with E-state index < -0.39 is 0 Å². The maximum Gasteiger partial charge on any atom is 0.338 e. The number of esters is 1. The molecule has 0 aliphatic carbocycles. The molecular formula is C14H14INO2. The fourth-order valence-electron chi connectivity index (χ4n) is 1.60. The van der Waals surface area contributed by atoms with E-state index in [1.54, 1.807) is 12.1 Å². The van der Waals surface area contributed by atoms with Crippen molar-refractivity contribution >= 4 is 28.6 Å². The molecule has 18 heavy (non-hydrogen) atoms. The Morgan fingerprint density at radius 2 is 1.83 bits per heavy atom. The molecule has 2 aromatic rings. The second-order valence-electron chi connectivity index (χ2n) is 3.92. The van der Waals surface area contributed by atoms with Gasteiger partial charge in [0.15, 0.2) is 0 Å². The average Bonchev–Trinajstić information content (AvgIpc) is 2.88. The predicted molar refractivity (Wildman–Crippen MR) is 78.5 cm³/mol. The molecule has 4 heteroatoms. The van der Waals surface area contributed by atoms with Crippen LogP contribution < -0.4 is 0 Å². The summed E-state index contributed by atoms with van der Waals surface area (Å²) in [5, 5.41) is 0. The van der Waals surface area contributed by atoms with Crippen molar-refractivity contribution in [3.05, 3.63) is 57.9 Å². The third-order valence-electron chi connectivity index (χ3n) is 2.54. The second kappa shape index (κ2) is 6.58. The van der Waals surface area contributed by atoms with E-state index in [9.17, 15) is 4.79 Å². The third kappa shape index (κ3) is 3.87. The van der Waals surface area contributed by atoms with Crippen molar-refractivity contribution in [1.82, 2.24) is 4.57 Å². The van der Waals surface area contributed by atoms with Gasteiger partial charge in [0.1, 0.15) is 0 Å².